The molecule has 1 heterocycles. The Kier molecular flexibility index (Phi) is 4.78. The lowest BCUT2D eigenvalue weighted by Crippen LogP contribution is -2.10. The minimum absolute atomic E-state index is 0.210. The van der Waals surface area contributed by atoms with Crippen LogP contribution in [0.1, 0.15) is 23.8 Å². The summed E-state index contributed by atoms with van der Waals surface area (Å²) in [5.74, 6) is -0.0275. The Labute approximate surface area is 94.3 Å². The van der Waals surface area contributed by atoms with Gasteiger partial charge in [-0.2, -0.15) is 5.10 Å². The molecule has 1 rings (SSSR count). The van der Waals surface area contributed by atoms with Crippen molar-refractivity contribution < 1.29 is 14.3 Å². The maximum Gasteiger partial charge on any atom is 0.362 e. The van der Waals surface area contributed by atoms with Crippen molar-refractivity contribution in [2.75, 3.05) is 19.8 Å². The third-order valence-corrected chi connectivity index (χ3v) is 1.87. The maximum absolute atomic E-state index is 11.5. The zero-order chi connectivity index (χ0) is 12.0. The third-order valence-electron chi connectivity index (χ3n) is 1.87. The molecule has 1 aromatic rings. The van der Waals surface area contributed by atoms with Crippen molar-refractivity contribution in [3.8, 4) is 5.75 Å². The summed E-state index contributed by atoms with van der Waals surface area (Å²) in [4.78, 5) is 11.5. The van der Waals surface area contributed by atoms with Crippen LogP contribution in [-0.2, 0) is 11.8 Å². The number of hydrogen-bond acceptors (Lipinski definition) is 5. The van der Waals surface area contributed by atoms with Gasteiger partial charge in [0.15, 0.2) is 5.75 Å². The molecule has 0 atom stereocenters. The highest BCUT2D eigenvalue weighted by Crippen LogP contribution is 2.17. The molecule has 0 saturated carbocycles. The Balaban J connectivity index is 2.70. The Morgan fingerprint density at radius 2 is 2.38 bits per heavy atom. The van der Waals surface area contributed by atoms with E-state index in [1.807, 2.05) is 0 Å². The Hall–Kier alpha value is -1.56. The van der Waals surface area contributed by atoms with Gasteiger partial charge in [0.05, 0.1) is 19.4 Å². The van der Waals surface area contributed by atoms with Crippen LogP contribution >= 0.6 is 0 Å². The predicted octanol–water partition coefficient (Wildman–Crippen LogP) is 0.324. The monoisotopic (exact) mass is 227 g/mol. The first-order valence-corrected chi connectivity index (χ1v) is 5.22. The number of carbonyl (C=O) groups is 1. The number of aromatic nitrogens is 2. The average molecular weight is 227 g/mol. The minimum Gasteiger partial charge on any atom is -0.489 e. The number of nitrogens with two attached hydrogens (primary N) is 1. The van der Waals surface area contributed by atoms with Crippen LogP contribution < -0.4 is 10.5 Å². The molecule has 0 amide bonds. The summed E-state index contributed by atoms with van der Waals surface area (Å²) in [7, 11) is 1.72. The van der Waals surface area contributed by atoms with Crippen LogP contribution in [0.5, 0.6) is 5.75 Å². The first-order chi connectivity index (χ1) is 7.69. The largest absolute Gasteiger partial charge is 0.489 e. The van der Waals surface area contributed by atoms with Gasteiger partial charge in [0.25, 0.3) is 0 Å². The lowest BCUT2D eigenvalue weighted by Gasteiger charge is -2.04. The summed E-state index contributed by atoms with van der Waals surface area (Å²) in [6.45, 7) is 3.08. The molecule has 16 heavy (non-hydrogen) atoms. The van der Waals surface area contributed by atoms with E-state index in [1.165, 1.54) is 4.68 Å². The van der Waals surface area contributed by atoms with Crippen molar-refractivity contribution in [2.24, 2.45) is 12.8 Å². The maximum atomic E-state index is 11.5. The number of esters is 1. The highest BCUT2D eigenvalue weighted by molar-refractivity contribution is 5.90. The molecule has 0 unspecified atom stereocenters. The van der Waals surface area contributed by atoms with Crippen LogP contribution in [0.2, 0.25) is 0 Å². The summed E-state index contributed by atoms with van der Waals surface area (Å²) in [5, 5.41) is 3.99. The van der Waals surface area contributed by atoms with Gasteiger partial charge in [-0.1, -0.05) is 0 Å². The summed E-state index contributed by atoms with van der Waals surface area (Å²) < 4.78 is 11.8. The molecule has 0 radical (unpaired) electrons. The van der Waals surface area contributed by atoms with Crippen molar-refractivity contribution in [1.82, 2.24) is 9.78 Å². The van der Waals surface area contributed by atoms with Crippen LogP contribution in [0.4, 0.5) is 0 Å². The molecule has 0 aliphatic carbocycles. The quantitative estimate of drug-likeness (QED) is 0.559. The first-order valence-electron chi connectivity index (χ1n) is 5.22. The fourth-order valence-corrected chi connectivity index (χ4v) is 1.18. The van der Waals surface area contributed by atoms with E-state index in [9.17, 15) is 4.79 Å². The minimum atomic E-state index is -0.467. The van der Waals surface area contributed by atoms with Crippen LogP contribution in [0.25, 0.3) is 0 Å². The zero-order valence-corrected chi connectivity index (χ0v) is 9.60. The topological polar surface area (TPSA) is 79.4 Å². The smallest absolute Gasteiger partial charge is 0.362 e. The van der Waals surface area contributed by atoms with Crippen molar-refractivity contribution in [1.29, 1.82) is 0 Å². The van der Waals surface area contributed by atoms with E-state index in [2.05, 4.69) is 5.10 Å². The number of rotatable bonds is 6. The SMILES string of the molecule is CCOC(=O)c1nn(C)cc1OCCCN. The Morgan fingerprint density at radius 1 is 1.62 bits per heavy atom. The molecule has 6 heteroatoms. The number of hydrogen-bond donors (Lipinski definition) is 1. The van der Waals surface area contributed by atoms with Gasteiger partial charge in [-0.3, -0.25) is 4.68 Å². The summed E-state index contributed by atoms with van der Waals surface area (Å²) in [6, 6.07) is 0. The summed E-state index contributed by atoms with van der Waals surface area (Å²) in [6.07, 6.45) is 2.37. The average Bonchev–Trinajstić information content (AvgIpc) is 2.61. The van der Waals surface area contributed by atoms with Crippen LogP contribution in [0, 0.1) is 0 Å². The lowest BCUT2D eigenvalue weighted by atomic mass is 10.4. The number of aryl methyl sites for hydroxylation is 1. The molecule has 0 spiro atoms. The second kappa shape index (κ2) is 6.12. The number of nitrogens with zero attached hydrogens (tertiary/aromatic N) is 2. The van der Waals surface area contributed by atoms with Gasteiger partial charge in [-0.05, 0) is 19.9 Å². The molecular weight excluding hydrogens is 210 g/mol. The molecule has 1 aromatic heterocycles. The van der Waals surface area contributed by atoms with E-state index < -0.39 is 5.97 Å². The van der Waals surface area contributed by atoms with Crippen LogP contribution in [0.3, 0.4) is 0 Å². The number of ether oxygens (including phenoxy) is 2. The third kappa shape index (κ3) is 3.23. The second-order valence-electron chi connectivity index (χ2n) is 3.23. The van der Waals surface area contributed by atoms with Crippen molar-refractivity contribution >= 4 is 5.97 Å². The highest BCUT2D eigenvalue weighted by Gasteiger charge is 2.18. The fourth-order valence-electron chi connectivity index (χ4n) is 1.18. The van der Waals surface area contributed by atoms with Gasteiger partial charge in [0.1, 0.15) is 0 Å². The molecule has 6 nitrogen and oxygen atoms in total. The molecule has 0 saturated heterocycles. The molecule has 2 N–H and O–H groups in total. The Bertz CT molecular complexity index is 349. The van der Waals surface area contributed by atoms with E-state index in [0.717, 1.165) is 6.42 Å². The second-order valence-corrected chi connectivity index (χ2v) is 3.23. The molecular formula is C10H17N3O3. The molecule has 0 bridgehead atoms. The van der Waals surface area contributed by atoms with E-state index >= 15 is 0 Å². The van der Waals surface area contributed by atoms with E-state index in [1.54, 1.807) is 20.2 Å². The normalized spacial score (nSPS) is 10.2. The van der Waals surface area contributed by atoms with E-state index in [0.29, 0.717) is 25.5 Å². The van der Waals surface area contributed by atoms with Gasteiger partial charge < -0.3 is 15.2 Å². The standard InChI is InChI=1S/C10H17N3O3/c1-3-15-10(14)9-8(7-13(2)12-9)16-6-4-5-11/h7H,3-6,11H2,1-2H3. The van der Waals surface area contributed by atoms with Crippen LogP contribution in [0.15, 0.2) is 6.20 Å². The Morgan fingerprint density at radius 3 is 3.00 bits per heavy atom. The van der Waals surface area contributed by atoms with Gasteiger partial charge in [-0.15, -0.1) is 0 Å². The highest BCUT2D eigenvalue weighted by atomic mass is 16.5. The summed E-state index contributed by atoms with van der Waals surface area (Å²) >= 11 is 0. The molecule has 0 aliphatic heterocycles. The van der Waals surface area contributed by atoms with Gasteiger partial charge in [0.2, 0.25) is 5.69 Å². The van der Waals surface area contributed by atoms with E-state index in [-0.39, 0.29) is 5.69 Å². The predicted molar refractivity (Wildman–Crippen MR) is 58.3 cm³/mol. The molecule has 0 fully saturated rings. The van der Waals surface area contributed by atoms with Gasteiger partial charge in [0, 0.05) is 7.05 Å². The van der Waals surface area contributed by atoms with E-state index in [4.69, 9.17) is 15.2 Å². The number of carbonyl (C=O) groups excluding carboxylic acids is 1. The van der Waals surface area contributed by atoms with Gasteiger partial charge in [-0.25, -0.2) is 4.79 Å². The van der Waals surface area contributed by atoms with Gasteiger partial charge >= 0.3 is 5.97 Å². The fraction of sp³-hybridized carbons (Fsp3) is 0.600. The first kappa shape index (κ1) is 12.5. The molecule has 90 valence electrons. The lowest BCUT2D eigenvalue weighted by molar-refractivity contribution is 0.0514. The molecule has 0 aromatic carbocycles. The van der Waals surface area contributed by atoms with Crippen molar-refractivity contribution in [3.63, 3.8) is 0 Å². The van der Waals surface area contributed by atoms with Crippen molar-refractivity contribution in [2.45, 2.75) is 13.3 Å². The molecule has 0 aliphatic rings. The van der Waals surface area contributed by atoms with Crippen molar-refractivity contribution in [3.05, 3.63) is 11.9 Å². The van der Waals surface area contributed by atoms with Crippen LogP contribution in [-0.4, -0.2) is 35.5 Å². The summed E-state index contributed by atoms with van der Waals surface area (Å²) in [5.41, 5.74) is 5.56. The zero-order valence-electron chi connectivity index (χ0n) is 9.60.